The zero-order chi connectivity index (χ0) is 46.8. The van der Waals surface area contributed by atoms with Gasteiger partial charge in [-0.25, -0.2) is 19.6 Å². The molecule has 1 unspecified atom stereocenters. The number of hydrogen-bond donors (Lipinski definition) is 5. The van der Waals surface area contributed by atoms with Gasteiger partial charge in [-0.2, -0.15) is 17.0 Å². The molecule has 0 radical (unpaired) electrons. The van der Waals surface area contributed by atoms with Crippen LogP contribution in [0.1, 0.15) is 86.0 Å². The quantitative estimate of drug-likeness (QED) is 0.161. The predicted molar refractivity (Wildman–Crippen MR) is 248 cm³/mol. The third-order valence-corrected chi connectivity index (χ3v) is 15.4. The lowest BCUT2D eigenvalue weighted by Gasteiger charge is -2.39. The summed E-state index contributed by atoms with van der Waals surface area (Å²) < 4.78 is 41.4. The summed E-state index contributed by atoms with van der Waals surface area (Å²) in [6.07, 6.45) is 7.03. The fraction of sp³-hybridized carbons (Fsp3) is 0.600. The average molecular weight is 938 g/mol. The van der Waals surface area contributed by atoms with Gasteiger partial charge in [0.05, 0.1) is 24.9 Å². The molecule has 1 aromatic carbocycles. The molecule has 0 bridgehead atoms. The number of amides is 4. The van der Waals surface area contributed by atoms with Crippen LogP contribution in [-0.4, -0.2) is 137 Å². The van der Waals surface area contributed by atoms with Crippen LogP contribution >= 0.6 is 11.3 Å². The molecule has 3 aliphatic heterocycles. The standard InChI is InChI=1S/C45H63N9O9S2/c1-27(2)46-43-49-35(26-64-43)34-22-37(31-17-16-29(62-7)20-33(31)47-34)63-30-21-36-39(55)51-45(41(57)58)23-28(45)14-11-9-8-10-12-15-32(40(56)54(36)24-30)48-42(59)50-38(44(3,4)5)25-53-19-13-18-52(6)65(53,60)61/h11,14,16-17,20,22,26-28,30,32,36,38H,8-10,12-13,15,18-19,21,23-25H2,1-7H3,(H,46,49)(H,51,55)(H,57,58)(H2,48,50,59)/t28?,30-,32+,36+,38-,45-/m1/s1. The van der Waals surface area contributed by atoms with Crippen LogP contribution in [0.2, 0.25) is 0 Å². The summed E-state index contributed by atoms with van der Waals surface area (Å²) in [5.41, 5.74) is -0.334. The fourth-order valence-corrected chi connectivity index (χ4v) is 11.0. The van der Waals surface area contributed by atoms with Crippen molar-refractivity contribution in [3.8, 4) is 22.9 Å². The van der Waals surface area contributed by atoms with Gasteiger partial charge in [0, 0.05) is 74.0 Å². The largest absolute Gasteiger partial charge is 0.497 e. The van der Waals surface area contributed by atoms with Crippen LogP contribution < -0.4 is 30.7 Å². The Labute approximate surface area is 385 Å². The van der Waals surface area contributed by atoms with Crippen LogP contribution in [-0.2, 0) is 24.6 Å². The normalized spacial score (nSPS) is 26.0. The van der Waals surface area contributed by atoms with E-state index in [9.17, 15) is 32.7 Å². The number of pyridine rings is 1. The van der Waals surface area contributed by atoms with Crippen molar-refractivity contribution < 1.29 is 42.2 Å². The highest BCUT2D eigenvalue weighted by molar-refractivity contribution is 7.86. The van der Waals surface area contributed by atoms with Crippen molar-refractivity contribution in [1.29, 1.82) is 0 Å². The van der Waals surface area contributed by atoms with E-state index in [0.717, 1.165) is 18.0 Å². The van der Waals surface area contributed by atoms with Gasteiger partial charge in [0.25, 0.3) is 10.2 Å². The first-order valence-electron chi connectivity index (χ1n) is 22.5. The molecule has 354 valence electrons. The van der Waals surface area contributed by atoms with Crippen LogP contribution in [0.3, 0.4) is 0 Å². The van der Waals surface area contributed by atoms with E-state index < -0.39 is 75.1 Å². The smallest absolute Gasteiger partial charge is 0.330 e. The topological polar surface area (TPSA) is 225 Å². The number of aromatic nitrogens is 2. The van der Waals surface area contributed by atoms with Crippen molar-refractivity contribution in [2.24, 2.45) is 11.3 Å². The van der Waals surface area contributed by atoms with Gasteiger partial charge in [-0.05, 0) is 63.5 Å². The second-order valence-electron chi connectivity index (χ2n) is 19.0. The molecule has 2 saturated heterocycles. The highest BCUT2D eigenvalue weighted by atomic mass is 32.2. The summed E-state index contributed by atoms with van der Waals surface area (Å²) in [7, 11) is -0.617. The van der Waals surface area contributed by atoms with E-state index in [-0.39, 0.29) is 38.4 Å². The number of carbonyl (C=O) groups is 4. The third-order valence-electron chi connectivity index (χ3n) is 12.7. The third kappa shape index (κ3) is 10.8. The van der Waals surface area contributed by atoms with Crippen molar-refractivity contribution in [2.45, 2.75) is 122 Å². The monoisotopic (exact) mass is 937 g/mol. The zero-order valence-corrected chi connectivity index (χ0v) is 39.9. The number of carboxylic acid groups (broad SMARTS) is 1. The molecule has 1 saturated carbocycles. The van der Waals surface area contributed by atoms with Crippen LogP contribution in [0.5, 0.6) is 11.5 Å². The van der Waals surface area contributed by atoms with Crippen molar-refractivity contribution in [1.82, 2.24) is 39.4 Å². The Morgan fingerprint density at radius 1 is 1.08 bits per heavy atom. The number of hydrogen-bond acceptors (Lipinski definition) is 12. The molecule has 6 atom stereocenters. The number of nitrogens with one attached hydrogen (secondary N) is 4. The summed E-state index contributed by atoms with van der Waals surface area (Å²) >= 11 is 1.45. The minimum absolute atomic E-state index is 0.0337. The van der Waals surface area contributed by atoms with E-state index >= 15 is 0 Å². The summed E-state index contributed by atoms with van der Waals surface area (Å²) in [5.74, 6) is -1.66. The van der Waals surface area contributed by atoms with Gasteiger partial charge in [-0.1, -0.05) is 45.8 Å². The summed E-state index contributed by atoms with van der Waals surface area (Å²) in [4.78, 5) is 67.2. The van der Waals surface area contributed by atoms with E-state index in [1.807, 2.05) is 58.2 Å². The lowest BCUT2D eigenvalue weighted by Crippen LogP contribution is -2.60. The van der Waals surface area contributed by atoms with Crippen molar-refractivity contribution in [3.63, 3.8) is 0 Å². The number of ether oxygens (including phenoxy) is 2. The maximum absolute atomic E-state index is 15.0. The Kier molecular flexibility index (Phi) is 14.3. The minimum atomic E-state index is -3.72. The Bertz CT molecular complexity index is 2400. The second kappa shape index (κ2) is 19.4. The van der Waals surface area contributed by atoms with Gasteiger partial charge < -0.3 is 40.7 Å². The highest BCUT2D eigenvalue weighted by Gasteiger charge is 2.61. The lowest BCUT2D eigenvalue weighted by atomic mass is 9.86. The molecule has 4 aliphatic rings. The van der Waals surface area contributed by atoms with E-state index in [2.05, 4.69) is 21.3 Å². The molecule has 7 rings (SSSR count). The number of allylic oxidation sites excluding steroid dienone is 1. The Morgan fingerprint density at radius 2 is 1.86 bits per heavy atom. The van der Waals surface area contributed by atoms with Crippen LogP contribution in [0, 0.1) is 11.3 Å². The number of methoxy groups -OCH3 is 1. The second-order valence-corrected chi connectivity index (χ2v) is 21.9. The first kappa shape index (κ1) is 47.9. The van der Waals surface area contributed by atoms with Gasteiger partial charge in [0.2, 0.25) is 11.8 Å². The molecule has 4 amide bonds. The Hall–Kier alpha value is -5.05. The molecule has 18 nitrogen and oxygen atoms in total. The number of anilines is 1. The molecule has 65 heavy (non-hydrogen) atoms. The summed E-state index contributed by atoms with van der Waals surface area (Å²) in [6.45, 7) is 10.5. The van der Waals surface area contributed by atoms with E-state index in [1.54, 1.807) is 25.3 Å². The number of nitrogens with zero attached hydrogens (tertiary/aromatic N) is 5. The van der Waals surface area contributed by atoms with Crippen LogP contribution in [0.15, 0.2) is 41.8 Å². The fourth-order valence-electron chi connectivity index (χ4n) is 8.74. The number of benzene rings is 1. The molecule has 3 aromatic rings. The van der Waals surface area contributed by atoms with Gasteiger partial charge in [-0.15, -0.1) is 11.3 Å². The molecule has 2 aromatic heterocycles. The minimum Gasteiger partial charge on any atom is -0.497 e. The number of carboxylic acids is 1. The van der Waals surface area contributed by atoms with Crippen LogP contribution in [0.25, 0.3) is 22.3 Å². The average Bonchev–Trinajstić information content (AvgIpc) is 3.51. The maximum atomic E-state index is 15.0. The number of aliphatic carboxylic acids is 1. The van der Waals surface area contributed by atoms with E-state index in [4.69, 9.17) is 19.4 Å². The van der Waals surface area contributed by atoms with Crippen molar-refractivity contribution in [2.75, 3.05) is 45.7 Å². The van der Waals surface area contributed by atoms with E-state index in [0.29, 0.717) is 66.1 Å². The van der Waals surface area contributed by atoms with Crippen molar-refractivity contribution >= 4 is 61.4 Å². The van der Waals surface area contributed by atoms with Crippen LogP contribution in [0.4, 0.5) is 9.93 Å². The van der Waals surface area contributed by atoms with Gasteiger partial charge in [-0.3, -0.25) is 9.59 Å². The van der Waals surface area contributed by atoms with Gasteiger partial charge in [0.1, 0.15) is 40.9 Å². The molecular weight excluding hydrogens is 875 g/mol. The molecule has 5 heterocycles. The zero-order valence-electron chi connectivity index (χ0n) is 38.3. The predicted octanol–water partition coefficient (Wildman–Crippen LogP) is 4.98. The van der Waals surface area contributed by atoms with E-state index in [1.165, 1.54) is 31.9 Å². The van der Waals surface area contributed by atoms with Gasteiger partial charge in [0.15, 0.2) is 5.13 Å². The van der Waals surface area contributed by atoms with Crippen molar-refractivity contribution in [3.05, 3.63) is 41.8 Å². The molecule has 3 fully saturated rings. The number of carbonyl (C=O) groups excluding carboxylic acids is 3. The molecule has 20 heteroatoms. The highest BCUT2D eigenvalue weighted by Crippen LogP contribution is 2.46. The number of fused-ring (bicyclic) bond motifs is 3. The number of thiazole rings is 1. The van der Waals surface area contributed by atoms with Gasteiger partial charge >= 0.3 is 12.0 Å². The number of urea groups is 1. The SMILES string of the molecule is COc1ccc2c(O[C@@H]3C[C@H]4C(=O)N[C@]5(C(=O)O)CC5C=CCCCCC[C@H](NC(=O)N[C@H](CN5CCCN(C)S5(=O)=O)C(C)(C)C)C(=O)N4C3)cc(-c3csc(NC(C)C)n3)nc2c1. The Balaban J connectivity index is 1.19. The molecular formula is C45H63N9O9S2. The first-order chi connectivity index (χ1) is 30.8. The maximum Gasteiger partial charge on any atom is 0.330 e. The number of rotatable bonds is 11. The lowest BCUT2D eigenvalue weighted by molar-refractivity contribution is -0.145. The first-order valence-corrected chi connectivity index (χ1v) is 24.8. The summed E-state index contributed by atoms with van der Waals surface area (Å²) in [6, 6.07) is 3.89. The Morgan fingerprint density at radius 3 is 2.58 bits per heavy atom. The molecule has 5 N–H and O–H groups in total. The molecule has 0 spiro atoms. The molecule has 1 aliphatic carbocycles. The summed E-state index contributed by atoms with van der Waals surface area (Å²) in [5, 5.41) is 25.7.